The molecule has 2 aliphatic heterocycles. The van der Waals surface area contributed by atoms with Gasteiger partial charge in [-0.3, -0.25) is 4.84 Å². The van der Waals surface area contributed by atoms with Crippen molar-refractivity contribution in [2.24, 2.45) is 5.73 Å². The van der Waals surface area contributed by atoms with Crippen LogP contribution in [0.2, 0.25) is 0 Å². The molecule has 6 N–H and O–H groups in total. The summed E-state index contributed by atoms with van der Waals surface area (Å²) in [6.45, 7) is -0.479. The van der Waals surface area contributed by atoms with E-state index < -0.39 is 37.2 Å². The number of nitrogens with one attached hydrogen (secondary N) is 1. The highest BCUT2D eigenvalue weighted by Crippen LogP contribution is 2.23. The van der Waals surface area contributed by atoms with Crippen molar-refractivity contribution < 1.29 is 25.0 Å². The summed E-state index contributed by atoms with van der Waals surface area (Å²) in [5.41, 5.74) is 5.44. The van der Waals surface area contributed by atoms with Crippen LogP contribution in [0.3, 0.4) is 0 Å². The summed E-state index contributed by atoms with van der Waals surface area (Å²) >= 11 is 0. The Balaban J connectivity index is 2.13. The summed E-state index contributed by atoms with van der Waals surface area (Å²) in [6.07, 6.45) is -1.58. The van der Waals surface area contributed by atoms with Gasteiger partial charge in [-0.05, 0) is 6.08 Å². The number of urea groups is 1. The summed E-state index contributed by atoms with van der Waals surface area (Å²) in [5.74, 6) is 0. The molecule has 0 aromatic carbocycles. The van der Waals surface area contributed by atoms with Crippen LogP contribution in [0.5, 0.6) is 0 Å². The SMILES string of the molecule is NC1C=CN(N2O[C@H](CO)[C@@H](O)[C@H]2O)C(=O)N1. The Bertz CT molecular complexity index is 338. The van der Waals surface area contributed by atoms with Crippen molar-refractivity contribution >= 4 is 6.03 Å². The monoisotopic (exact) mass is 246 g/mol. The second-order valence-electron chi connectivity index (χ2n) is 3.69. The van der Waals surface area contributed by atoms with Crippen LogP contribution in [0, 0.1) is 0 Å². The van der Waals surface area contributed by atoms with E-state index in [0.29, 0.717) is 0 Å². The Morgan fingerprint density at radius 1 is 1.53 bits per heavy atom. The molecule has 0 radical (unpaired) electrons. The van der Waals surface area contributed by atoms with E-state index in [1.54, 1.807) is 0 Å². The van der Waals surface area contributed by atoms with Crippen LogP contribution in [0.1, 0.15) is 0 Å². The number of aliphatic hydroxyl groups excluding tert-OH is 3. The Hall–Kier alpha value is -1.23. The minimum Gasteiger partial charge on any atom is -0.393 e. The number of hydrogen-bond donors (Lipinski definition) is 5. The van der Waals surface area contributed by atoms with Gasteiger partial charge in [0.25, 0.3) is 0 Å². The predicted molar refractivity (Wildman–Crippen MR) is 53.3 cm³/mol. The molecule has 96 valence electrons. The van der Waals surface area contributed by atoms with E-state index in [9.17, 15) is 15.0 Å². The fourth-order valence-electron chi connectivity index (χ4n) is 1.56. The minimum atomic E-state index is -1.45. The molecule has 0 aromatic rings. The molecule has 2 amide bonds. The molecule has 1 unspecified atom stereocenters. The van der Waals surface area contributed by atoms with Crippen molar-refractivity contribution in [1.82, 2.24) is 15.5 Å². The number of rotatable bonds is 2. The Kier molecular flexibility index (Phi) is 3.28. The second-order valence-corrected chi connectivity index (χ2v) is 3.69. The van der Waals surface area contributed by atoms with Gasteiger partial charge in [-0.2, -0.15) is 0 Å². The van der Waals surface area contributed by atoms with Crippen molar-refractivity contribution in [3.8, 4) is 0 Å². The fraction of sp³-hybridized carbons (Fsp3) is 0.625. The van der Waals surface area contributed by atoms with E-state index in [2.05, 4.69) is 5.32 Å². The Morgan fingerprint density at radius 3 is 2.76 bits per heavy atom. The van der Waals surface area contributed by atoms with Crippen LogP contribution >= 0.6 is 0 Å². The fourth-order valence-corrected chi connectivity index (χ4v) is 1.56. The van der Waals surface area contributed by atoms with Crippen LogP contribution in [-0.2, 0) is 4.84 Å². The molecule has 9 nitrogen and oxygen atoms in total. The maximum Gasteiger partial charge on any atom is 0.339 e. The molecule has 2 aliphatic rings. The highest BCUT2D eigenvalue weighted by Gasteiger charge is 2.45. The number of amides is 2. The number of hydroxylamine groups is 1. The molecular weight excluding hydrogens is 232 g/mol. The van der Waals surface area contributed by atoms with Crippen LogP contribution in [0.15, 0.2) is 12.3 Å². The molecule has 0 aromatic heterocycles. The maximum absolute atomic E-state index is 11.5. The summed E-state index contributed by atoms with van der Waals surface area (Å²) in [5, 5.41) is 32.1. The number of carbonyl (C=O) groups is 1. The quantitative estimate of drug-likeness (QED) is 0.351. The van der Waals surface area contributed by atoms with Crippen LogP contribution in [-0.4, -0.2) is 62.7 Å². The van der Waals surface area contributed by atoms with Crippen LogP contribution < -0.4 is 11.1 Å². The first-order chi connectivity index (χ1) is 8.04. The molecule has 2 rings (SSSR count). The summed E-state index contributed by atoms with van der Waals surface area (Å²) < 4.78 is 0. The number of hydrazine groups is 1. The smallest absolute Gasteiger partial charge is 0.339 e. The van der Waals surface area contributed by atoms with Gasteiger partial charge in [0.2, 0.25) is 0 Å². The molecule has 0 aliphatic carbocycles. The highest BCUT2D eigenvalue weighted by molar-refractivity contribution is 5.76. The van der Waals surface area contributed by atoms with E-state index in [1.807, 2.05) is 0 Å². The van der Waals surface area contributed by atoms with Gasteiger partial charge in [0.1, 0.15) is 12.2 Å². The average molecular weight is 246 g/mol. The van der Waals surface area contributed by atoms with Crippen molar-refractivity contribution in [3.05, 3.63) is 12.3 Å². The standard InChI is InChI=1S/C8H14N4O5/c9-5-1-2-11(8(16)10-5)12-7(15)6(14)4(3-13)17-12/h1-2,4-7,13-15H,3,9H2,(H,10,16)/t4-,5?,6-,7-/m1/s1. The highest BCUT2D eigenvalue weighted by atomic mass is 16.8. The predicted octanol–water partition coefficient (Wildman–Crippen LogP) is -2.99. The molecule has 0 spiro atoms. The van der Waals surface area contributed by atoms with Crippen molar-refractivity contribution in [3.63, 3.8) is 0 Å². The zero-order chi connectivity index (χ0) is 12.6. The van der Waals surface area contributed by atoms with Gasteiger partial charge < -0.3 is 26.4 Å². The maximum atomic E-state index is 11.5. The normalized spacial score (nSPS) is 38.6. The Morgan fingerprint density at radius 2 is 2.24 bits per heavy atom. The van der Waals surface area contributed by atoms with Crippen LogP contribution in [0.4, 0.5) is 4.79 Å². The minimum absolute atomic E-state index is 0.479. The first kappa shape index (κ1) is 12.2. The summed E-state index contributed by atoms with van der Waals surface area (Å²) in [6, 6.07) is -0.607. The summed E-state index contributed by atoms with van der Waals surface area (Å²) in [7, 11) is 0. The van der Waals surface area contributed by atoms with Gasteiger partial charge in [0, 0.05) is 6.20 Å². The molecule has 0 bridgehead atoms. The van der Waals surface area contributed by atoms with Gasteiger partial charge >= 0.3 is 6.03 Å². The number of carbonyl (C=O) groups excluding carboxylic acids is 1. The second kappa shape index (κ2) is 4.56. The lowest BCUT2D eigenvalue weighted by Gasteiger charge is -2.32. The molecule has 2 heterocycles. The molecule has 4 atom stereocenters. The lowest BCUT2D eigenvalue weighted by molar-refractivity contribution is -0.285. The molecule has 0 saturated carbocycles. The largest absolute Gasteiger partial charge is 0.393 e. The number of aliphatic hydroxyl groups is 3. The van der Waals surface area contributed by atoms with Crippen molar-refractivity contribution in [2.45, 2.75) is 24.6 Å². The third kappa shape index (κ3) is 2.11. The van der Waals surface area contributed by atoms with Gasteiger partial charge in [-0.1, -0.05) is 5.17 Å². The van der Waals surface area contributed by atoms with Crippen molar-refractivity contribution in [2.75, 3.05) is 6.61 Å². The third-order valence-electron chi connectivity index (χ3n) is 2.48. The van der Waals surface area contributed by atoms with E-state index >= 15 is 0 Å². The molecule has 1 fully saturated rings. The van der Waals surface area contributed by atoms with Gasteiger partial charge in [-0.15, -0.1) is 0 Å². The van der Waals surface area contributed by atoms with E-state index in [1.165, 1.54) is 12.3 Å². The first-order valence-electron chi connectivity index (χ1n) is 5.01. The molecule has 9 heteroatoms. The number of nitrogens with zero attached hydrogens (tertiary/aromatic N) is 2. The zero-order valence-corrected chi connectivity index (χ0v) is 8.80. The average Bonchev–Trinajstić information content (AvgIpc) is 2.57. The molecule has 17 heavy (non-hydrogen) atoms. The zero-order valence-electron chi connectivity index (χ0n) is 8.80. The van der Waals surface area contributed by atoms with Gasteiger partial charge in [0.15, 0.2) is 6.23 Å². The van der Waals surface area contributed by atoms with Gasteiger partial charge in [-0.25, -0.2) is 9.80 Å². The molecule has 1 saturated heterocycles. The lowest BCUT2D eigenvalue weighted by atomic mass is 10.2. The van der Waals surface area contributed by atoms with E-state index in [-0.39, 0.29) is 0 Å². The topological polar surface area (TPSA) is 132 Å². The van der Waals surface area contributed by atoms with Gasteiger partial charge in [0.05, 0.1) is 12.8 Å². The van der Waals surface area contributed by atoms with Crippen LogP contribution in [0.25, 0.3) is 0 Å². The number of hydrogen-bond acceptors (Lipinski definition) is 7. The lowest BCUT2D eigenvalue weighted by Crippen LogP contribution is -2.56. The number of nitrogens with two attached hydrogens (primary N) is 1. The van der Waals surface area contributed by atoms with Crippen molar-refractivity contribution in [1.29, 1.82) is 0 Å². The molecular formula is C8H14N4O5. The van der Waals surface area contributed by atoms with E-state index in [0.717, 1.165) is 10.2 Å². The Labute approximate surface area is 96.6 Å². The summed E-state index contributed by atoms with van der Waals surface area (Å²) in [4.78, 5) is 16.6. The first-order valence-corrected chi connectivity index (χ1v) is 5.01. The van der Waals surface area contributed by atoms with E-state index in [4.69, 9.17) is 15.7 Å². The third-order valence-corrected chi connectivity index (χ3v) is 2.48.